The fourth-order valence-electron chi connectivity index (χ4n) is 2.28. The van der Waals surface area contributed by atoms with Crippen LogP contribution in [0.5, 0.6) is 0 Å². The number of nitrogens with zero attached hydrogens (tertiary/aromatic N) is 1. The molecule has 0 radical (unpaired) electrons. The zero-order valence-corrected chi connectivity index (χ0v) is 13.8. The Morgan fingerprint density at radius 3 is 2.50 bits per heavy atom. The molecule has 2 N–H and O–H groups in total. The van der Waals surface area contributed by atoms with E-state index >= 15 is 0 Å². The summed E-state index contributed by atoms with van der Waals surface area (Å²) in [5, 5.41) is 6.62. The zero-order chi connectivity index (χ0) is 16.9. The molecular formula is C19H16ClN3O. The quantitative estimate of drug-likeness (QED) is 0.701. The van der Waals surface area contributed by atoms with Crippen LogP contribution in [0.3, 0.4) is 0 Å². The summed E-state index contributed by atoms with van der Waals surface area (Å²) in [6.45, 7) is 2.03. The largest absolute Gasteiger partial charge is 0.355 e. The number of pyridine rings is 1. The highest BCUT2D eigenvalue weighted by atomic mass is 35.5. The van der Waals surface area contributed by atoms with Crippen molar-refractivity contribution in [3.8, 4) is 0 Å². The summed E-state index contributed by atoms with van der Waals surface area (Å²) >= 11 is 5.93. The van der Waals surface area contributed by atoms with Gasteiger partial charge in [-0.1, -0.05) is 29.8 Å². The smallest absolute Gasteiger partial charge is 0.274 e. The number of benzene rings is 2. The highest BCUT2D eigenvalue weighted by Gasteiger charge is 2.09. The van der Waals surface area contributed by atoms with E-state index in [4.69, 9.17) is 11.6 Å². The van der Waals surface area contributed by atoms with Crippen molar-refractivity contribution < 1.29 is 4.79 Å². The molecule has 0 aliphatic heterocycles. The molecule has 5 heteroatoms. The monoisotopic (exact) mass is 337 g/mol. The third-order valence-electron chi connectivity index (χ3n) is 3.38. The normalized spacial score (nSPS) is 10.2. The van der Waals surface area contributed by atoms with E-state index in [1.165, 1.54) is 0 Å². The Morgan fingerprint density at radius 1 is 0.958 bits per heavy atom. The highest BCUT2D eigenvalue weighted by molar-refractivity contribution is 6.30. The number of carbonyl (C=O) groups excluding carboxylic acids is 1. The van der Waals surface area contributed by atoms with E-state index in [2.05, 4.69) is 15.6 Å². The molecule has 1 heterocycles. The van der Waals surface area contributed by atoms with E-state index in [9.17, 15) is 4.79 Å². The van der Waals surface area contributed by atoms with Gasteiger partial charge in [0.05, 0.1) is 0 Å². The van der Waals surface area contributed by atoms with Gasteiger partial charge in [-0.2, -0.15) is 0 Å². The summed E-state index contributed by atoms with van der Waals surface area (Å²) in [6, 6.07) is 18.5. The van der Waals surface area contributed by atoms with Crippen molar-refractivity contribution in [3.63, 3.8) is 0 Å². The van der Waals surface area contributed by atoms with Crippen LogP contribution in [0.1, 0.15) is 16.1 Å². The molecule has 2 aromatic carbocycles. The number of hydrogen-bond donors (Lipinski definition) is 2. The number of halogens is 1. The van der Waals surface area contributed by atoms with Gasteiger partial charge in [0.15, 0.2) is 0 Å². The Balaban J connectivity index is 1.76. The van der Waals surface area contributed by atoms with Gasteiger partial charge in [0, 0.05) is 28.3 Å². The van der Waals surface area contributed by atoms with Crippen LogP contribution < -0.4 is 10.6 Å². The predicted molar refractivity (Wildman–Crippen MR) is 98.1 cm³/mol. The lowest BCUT2D eigenvalue weighted by atomic mass is 10.2. The van der Waals surface area contributed by atoms with Gasteiger partial charge < -0.3 is 10.6 Å². The van der Waals surface area contributed by atoms with Crippen molar-refractivity contribution in [3.05, 3.63) is 83.1 Å². The molecule has 4 nitrogen and oxygen atoms in total. The number of hydrogen-bond acceptors (Lipinski definition) is 3. The zero-order valence-electron chi connectivity index (χ0n) is 13.1. The summed E-state index contributed by atoms with van der Waals surface area (Å²) in [4.78, 5) is 16.5. The van der Waals surface area contributed by atoms with Gasteiger partial charge in [0.1, 0.15) is 5.69 Å². The van der Waals surface area contributed by atoms with Crippen molar-refractivity contribution in [1.82, 2.24) is 4.98 Å². The predicted octanol–water partition coefficient (Wildman–Crippen LogP) is 5.04. The van der Waals surface area contributed by atoms with Gasteiger partial charge in [-0.25, -0.2) is 0 Å². The van der Waals surface area contributed by atoms with E-state index in [0.29, 0.717) is 16.4 Å². The Hall–Kier alpha value is -2.85. The number of aromatic nitrogens is 1. The van der Waals surface area contributed by atoms with Crippen LogP contribution in [0, 0.1) is 6.92 Å². The minimum Gasteiger partial charge on any atom is -0.355 e. The average molecular weight is 338 g/mol. The third kappa shape index (κ3) is 4.12. The minimum absolute atomic E-state index is 0.287. The summed E-state index contributed by atoms with van der Waals surface area (Å²) in [7, 11) is 0. The van der Waals surface area contributed by atoms with Crippen LogP contribution in [-0.2, 0) is 0 Å². The van der Waals surface area contributed by atoms with Crippen LogP contribution in [0.2, 0.25) is 5.02 Å². The van der Waals surface area contributed by atoms with Crippen LogP contribution in [-0.4, -0.2) is 10.9 Å². The van der Waals surface area contributed by atoms with E-state index in [1.807, 2.05) is 37.3 Å². The molecule has 0 spiro atoms. The molecule has 1 aromatic heterocycles. The molecule has 0 unspecified atom stereocenters. The van der Waals surface area contributed by atoms with Crippen molar-refractivity contribution in [1.29, 1.82) is 0 Å². The Bertz CT molecular complexity index is 880. The van der Waals surface area contributed by atoms with Gasteiger partial charge in [0.2, 0.25) is 0 Å². The van der Waals surface area contributed by atoms with Crippen LogP contribution in [0.25, 0.3) is 0 Å². The topological polar surface area (TPSA) is 54.0 Å². The number of rotatable bonds is 4. The van der Waals surface area contributed by atoms with E-state index < -0.39 is 0 Å². The van der Waals surface area contributed by atoms with Gasteiger partial charge in [-0.05, 0) is 55.0 Å². The number of nitrogens with one attached hydrogen (secondary N) is 2. The van der Waals surface area contributed by atoms with Crippen molar-refractivity contribution in [2.24, 2.45) is 0 Å². The van der Waals surface area contributed by atoms with Gasteiger partial charge >= 0.3 is 0 Å². The second-order valence-electron chi connectivity index (χ2n) is 5.39. The van der Waals surface area contributed by atoms with Crippen molar-refractivity contribution >= 4 is 34.6 Å². The lowest BCUT2D eigenvalue weighted by Gasteiger charge is -2.09. The summed E-state index contributed by atoms with van der Waals surface area (Å²) in [5.74, 6) is -0.287. The van der Waals surface area contributed by atoms with E-state index in [1.54, 1.807) is 36.5 Å². The molecule has 1 amide bonds. The van der Waals surface area contributed by atoms with Crippen LogP contribution >= 0.6 is 11.6 Å². The standard InChI is InChI=1S/C19H16ClN3O/c1-13-4-2-6-15(10-13)22-17-8-9-21-18(12-17)19(24)23-16-7-3-5-14(20)11-16/h2-12H,1H3,(H,21,22)(H,23,24). The Morgan fingerprint density at radius 2 is 1.71 bits per heavy atom. The van der Waals surface area contributed by atoms with Crippen molar-refractivity contribution in [2.75, 3.05) is 10.6 Å². The molecular weight excluding hydrogens is 322 g/mol. The summed E-state index contributed by atoms with van der Waals surface area (Å²) < 4.78 is 0. The molecule has 120 valence electrons. The SMILES string of the molecule is Cc1cccc(Nc2ccnc(C(=O)Nc3cccc(Cl)c3)c2)c1. The molecule has 3 aromatic rings. The third-order valence-corrected chi connectivity index (χ3v) is 3.62. The maximum absolute atomic E-state index is 12.3. The number of amides is 1. The molecule has 24 heavy (non-hydrogen) atoms. The second kappa shape index (κ2) is 7.15. The lowest BCUT2D eigenvalue weighted by molar-refractivity contribution is 0.102. The first kappa shape index (κ1) is 16.0. The highest BCUT2D eigenvalue weighted by Crippen LogP contribution is 2.19. The first-order valence-electron chi connectivity index (χ1n) is 7.47. The maximum atomic E-state index is 12.3. The van der Waals surface area contributed by atoms with Gasteiger partial charge in [0.25, 0.3) is 5.91 Å². The molecule has 0 aliphatic rings. The fraction of sp³-hybridized carbons (Fsp3) is 0.0526. The average Bonchev–Trinajstić information content (AvgIpc) is 2.55. The molecule has 0 saturated heterocycles. The summed E-state index contributed by atoms with van der Waals surface area (Å²) in [6.07, 6.45) is 1.60. The molecule has 0 bridgehead atoms. The first-order chi connectivity index (χ1) is 11.6. The van der Waals surface area contributed by atoms with Gasteiger partial charge in [-0.15, -0.1) is 0 Å². The second-order valence-corrected chi connectivity index (χ2v) is 5.83. The Labute approximate surface area is 145 Å². The molecule has 0 aliphatic carbocycles. The van der Waals surface area contributed by atoms with E-state index in [-0.39, 0.29) is 5.91 Å². The molecule has 3 rings (SSSR count). The number of carbonyl (C=O) groups is 1. The molecule has 0 saturated carbocycles. The number of aryl methyl sites for hydroxylation is 1. The maximum Gasteiger partial charge on any atom is 0.274 e. The molecule has 0 fully saturated rings. The first-order valence-corrected chi connectivity index (χ1v) is 7.84. The van der Waals surface area contributed by atoms with E-state index in [0.717, 1.165) is 16.9 Å². The van der Waals surface area contributed by atoms with Gasteiger partial charge in [-0.3, -0.25) is 9.78 Å². The molecule has 0 atom stereocenters. The van der Waals surface area contributed by atoms with Crippen LogP contribution in [0.4, 0.5) is 17.1 Å². The lowest BCUT2D eigenvalue weighted by Crippen LogP contribution is -2.13. The van der Waals surface area contributed by atoms with Crippen molar-refractivity contribution in [2.45, 2.75) is 6.92 Å². The number of anilines is 3. The minimum atomic E-state index is -0.287. The summed E-state index contributed by atoms with van der Waals surface area (Å²) in [5.41, 5.74) is 3.88. The van der Waals surface area contributed by atoms with Crippen LogP contribution in [0.15, 0.2) is 66.9 Å². The Kier molecular flexibility index (Phi) is 4.77. The fourth-order valence-corrected chi connectivity index (χ4v) is 2.47.